The van der Waals surface area contributed by atoms with Gasteiger partial charge in [0, 0.05) is 17.9 Å². The van der Waals surface area contributed by atoms with Crippen LogP contribution in [0.25, 0.3) is 5.69 Å². The molecule has 3 rings (SSSR count). The second-order valence-corrected chi connectivity index (χ2v) is 6.79. The van der Waals surface area contributed by atoms with E-state index in [2.05, 4.69) is 52.8 Å². The Morgan fingerprint density at radius 1 is 1.00 bits per heavy atom. The summed E-state index contributed by atoms with van der Waals surface area (Å²) < 4.78 is 1.98. The highest BCUT2D eigenvalue weighted by atomic mass is 15.3. The summed E-state index contributed by atoms with van der Waals surface area (Å²) in [6.45, 7) is 10.1. The fourth-order valence-corrected chi connectivity index (χ4v) is 3.10. The third kappa shape index (κ3) is 4.97. The lowest BCUT2D eigenvalue weighted by molar-refractivity contribution is 0.789. The number of guanidine groups is 1. The molecule has 0 radical (unpaired) electrons. The van der Waals surface area contributed by atoms with Crippen LogP contribution in [-0.2, 0) is 13.1 Å². The summed E-state index contributed by atoms with van der Waals surface area (Å²) in [6.07, 6.45) is 0. The number of aryl methyl sites for hydroxylation is 3. The lowest BCUT2D eigenvalue weighted by atomic mass is 10.2. The van der Waals surface area contributed by atoms with Crippen LogP contribution in [0, 0.1) is 20.8 Å². The molecule has 0 unspecified atom stereocenters. The van der Waals surface area contributed by atoms with Gasteiger partial charge in [0.1, 0.15) is 0 Å². The third-order valence-electron chi connectivity index (χ3n) is 4.36. The Labute approximate surface area is 166 Å². The Hall–Kier alpha value is -3.15. The highest BCUT2D eigenvalue weighted by molar-refractivity contribution is 5.79. The van der Waals surface area contributed by atoms with Gasteiger partial charge in [0.25, 0.3) is 0 Å². The van der Waals surface area contributed by atoms with Gasteiger partial charge in [-0.05, 0) is 57.5 Å². The smallest absolute Gasteiger partial charge is 0.191 e. The Balaban J connectivity index is 1.77. The van der Waals surface area contributed by atoms with Crippen molar-refractivity contribution in [3.63, 3.8) is 0 Å². The van der Waals surface area contributed by atoms with Gasteiger partial charge in [-0.25, -0.2) is 9.67 Å². The van der Waals surface area contributed by atoms with Crippen LogP contribution >= 0.6 is 0 Å². The van der Waals surface area contributed by atoms with E-state index in [0.717, 1.165) is 46.5 Å². The predicted molar refractivity (Wildman–Crippen MR) is 114 cm³/mol. The number of aliphatic imine (C=N–C) groups is 1. The lowest BCUT2D eigenvalue weighted by Crippen LogP contribution is -2.37. The molecule has 2 heterocycles. The molecule has 0 fully saturated rings. The number of nitrogens with one attached hydrogen (secondary N) is 2. The number of hydrogen-bond donors (Lipinski definition) is 2. The molecule has 1 aromatic carbocycles. The molecular weight excluding hydrogens is 348 g/mol. The van der Waals surface area contributed by atoms with Crippen LogP contribution in [0.15, 0.2) is 53.5 Å². The van der Waals surface area contributed by atoms with Crippen LogP contribution in [0.4, 0.5) is 0 Å². The molecule has 0 spiro atoms. The fraction of sp³-hybridized carbons (Fsp3) is 0.318. The second-order valence-electron chi connectivity index (χ2n) is 6.79. The van der Waals surface area contributed by atoms with Crippen molar-refractivity contribution in [1.82, 2.24) is 25.4 Å². The molecule has 2 N–H and O–H groups in total. The van der Waals surface area contributed by atoms with E-state index >= 15 is 0 Å². The lowest BCUT2D eigenvalue weighted by Gasteiger charge is -2.13. The van der Waals surface area contributed by atoms with Crippen molar-refractivity contribution in [3.8, 4) is 5.69 Å². The fourth-order valence-electron chi connectivity index (χ4n) is 3.10. The molecule has 0 aliphatic heterocycles. The van der Waals surface area contributed by atoms with Crippen molar-refractivity contribution < 1.29 is 0 Å². The minimum Gasteiger partial charge on any atom is -0.357 e. The summed E-state index contributed by atoms with van der Waals surface area (Å²) in [5.41, 5.74) is 6.32. The van der Waals surface area contributed by atoms with Crippen molar-refractivity contribution in [2.75, 3.05) is 6.54 Å². The number of pyridine rings is 1. The average Bonchev–Trinajstić information content (AvgIpc) is 3.02. The maximum absolute atomic E-state index is 4.77. The SMILES string of the molecule is CCNC(=NCc1ccccc1-n1nc(C)cc1C)NCc1cccc(C)n1. The summed E-state index contributed by atoms with van der Waals surface area (Å²) in [5, 5.41) is 11.3. The normalized spacial score (nSPS) is 11.5. The van der Waals surface area contributed by atoms with Crippen LogP contribution in [0.3, 0.4) is 0 Å². The number of hydrogen-bond acceptors (Lipinski definition) is 3. The first-order chi connectivity index (χ1) is 13.6. The molecule has 0 bridgehead atoms. The van der Waals surface area contributed by atoms with Crippen molar-refractivity contribution in [1.29, 1.82) is 0 Å². The number of benzene rings is 1. The van der Waals surface area contributed by atoms with Gasteiger partial charge >= 0.3 is 0 Å². The maximum atomic E-state index is 4.77. The van der Waals surface area contributed by atoms with Gasteiger partial charge in [0.2, 0.25) is 0 Å². The van der Waals surface area contributed by atoms with E-state index < -0.39 is 0 Å². The van der Waals surface area contributed by atoms with Gasteiger partial charge in [-0.3, -0.25) is 4.98 Å². The van der Waals surface area contributed by atoms with Crippen LogP contribution in [0.2, 0.25) is 0 Å². The molecule has 0 aliphatic carbocycles. The summed E-state index contributed by atoms with van der Waals surface area (Å²) in [6, 6.07) is 16.4. The van der Waals surface area contributed by atoms with E-state index in [0.29, 0.717) is 13.1 Å². The number of para-hydroxylation sites is 1. The van der Waals surface area contributed by atoms with Crippen molar-refractivity contribution in [2.24, 2.45) is 4.99 Å². The van der Waals surface area contributed by atoms with E-state index in [9.17, 15) is 0 Å². The Bertz CT molecular complexity index is 957. The summed E-state index contributed by atoms with van der Waals surface area (Å²) >= 11 is 0. The predicted octanol–water partition coefficient (Wildman–Crippen LogP) is 3.45. The van der Waals surface area contributed by atoms with Crippen LogP contribution < -0.4 is 10.6 Å². The second kappa shape index (κ2) is 9.17. The number of rotatable bonds is 6. The zero-order valence-electron chi connectivity index (χ0n) is 17.0. The van der Waals surface area contributed by atoms with Crippen molar-refractivity contribution >= 4 is 5.96 Å². The van der Waals surface area contributed by atoms with Crippen molar-refractivity contribution in [3.05, 3.63) is 76.9 Å². The molecular formula is C22H28N6. The van der Waals surface area contributed by atoms with Crippen LogP contribution in [0.1, 0.15) is 35.3 Å². The molecule has 0 amide bonds. The zero-order valence-corrected chi connectivity index (χ0v) is 17.0. The molecule has 2 aromatic heterocycles. The number of nitrogens with zero attached hydrogens (tertiary/aromatic N) is 4. The molecule has 6 heteroatoms. The summed E-state index contributed by atoms with van der Waals surface area (Å²) in [7, 11) is 0. The minimum atomic E-state index is 0.561. The standard InChI is InChI=1S/C22H28N6/c1-5-23-22(25-15-20-11-8-9-16(2)26-20)24-14-19-10-6-7-12-21(19)28-18(4)13-17(3)27-28/h6-13H,5,14-15H2,1-4H3,(H2,23,24,25). The zero-order chi connectivity index (χ0) is 19.9. The average molecular weight is 377 g/mol. The van der Waals surface area contributed by atoms with Gasteiger partial charge < -0.3 is 10.6 Å². The van der Waals surface area contributed by atoms with Gasteiger partial charge in [0.15, 0.2) is 5.96 Å². The van der Waals surface area contributed by atoms with Gasteiger partial charge in [0.05, 0.1) is 30.2 Å². The minimum absolute atomic E-state index is 0.561. The van der Waals surface area contributed by atoms with Crippen molar-refractivity contribution in [2.45, 2.75) is 40.8 Å². The van der Waals surface area contributed by atoms with E-state index in [1.807, 2.05) is 48.9 Å². The van der Waals surface area contributed by atoms with E-state index in [4.69, 9.17) is 4.99 Å². The first-order valence-electron chi connectivity index (χ1n) is 9.63. The van der Waals surface area contributed by atoms with Gasteiger partial charge in [-0.2, -0.15) is 5.10 Å². The molecule has 0 saturated carbocycles. The monoisotopic (exact) mass is 376 g/mol. The van der Waals surface area contributed by atoms with E-state index in [1.165, 1.54) is 0 Å². The first kappa shape index (κ1) is 19.6. The number of aromatic nitrogens is 3. The Kier molecular flexibility index (Phi) is 6.42. The molecule has 146 valence electrons. The topological polar surface area (TPSA) is 67.1 Å². The molecule has 0 atom stereocenters. The Morgan fingerprint density at radius 3 is 2.54 bits per heavy atom. The molecule has 28 heavy (non-hydrogen) atoms. The maximum Gasteiger partial charge on any atom is 0.191 e. The molecule has 0 saturated heterocycles. The molecule has 3 aromatic rings. The highest BCUT2D eigenvalue weighted by Crippen LogP contribution is 2.17. The summed E-state index contributed by atoms with van der Waals surface area (Å²) in [4.78, 5) is 9.30. The van der Waals surface area contributed by atoms with Crippen LogP contribution in [0.5, 0.6) is 0 Å². The largest absolute Gasteiger partial charge is 0.357 e. The highest BCUT2D eigenvalue weighted by Gasteiger charge is 2.09. The quantitative estimate of drug-likeness (QED) is 0.511. The van der Waals surface area contributed by atoms with Gasteiger partial charge in [-0.1, -0.05) is 24.3 Å². The van der Waals surface area contributed by atoms with Gasteiger partial charge in [-0.15, -0.1) is 0 Å². The summed E-state index contributed by atoms with van der Waals surface area (Å²) in [5.74, 6) is 0.772. The Morgan fingerprint density at radius 2 is 1.82 bits per heavy atom. The first-order valence-corrected chi connectivity index (χ1v) is 9.63. The van der Waals surface area contributed by atoms with Crippen LogP contribution in [-0.4, -0.2) is 27.3 Å². The molecule has 0 aliphatic rings. The van der Waals surface area contributed by atoms with E-state index in [1.54, 1.807) is 0 Å². The van der Waals surface area contributed by atoms with E-state index in [-0.39, 0.29) is 0 Å². The molecule has 6 nitrogen and oxygen atoms in total. The third-order valence-corrected chi connectivity index (χ3v) is 4.36.